The van der Waals surface area contributed by atoms with Gasteiger partial charge in [0.2, 0.25) is 5.82 Å². The van der Waals surface area contributed by atoms with E-state index in [0.717, 1.165) is 40.4 Å². The molecule has 0 radical (unpaired) electrons. The molecule has 0 saturated carbocycles. The Bertz CT molecular complexity index is 1490. The Labute approximate surface area is 199 Å². The average Bonchev–Trinajstić information content (AvgIpc) is 3.48. The first-order chi connectivity index (χ1) is 16.7. The van der Waals surface area contributed by atoms with Crippen molar-refractivity contribution < 1.29 is 13.2 Å². The lowest BCUT2D eigenvalue weighted by Crippen LogP contribution is -2.22. The van der Waals surface area contributed by atoms with Crippen LogP contribution < -0.4 is 0 Å². The molecule has 0 aliphatic rings. The molecular weight excluding hydrogens is 455 g/mol. The van der Waals surface area contributed by atoms with E-state index >= 15 is 0 Å². The van der Waals surface area contributed by atoms with Crippen LogP contribution in [0.5, 0.6) is 0 Å². The van der Waals surface area contributed by atoms with Crippen LogP contribution in [0.2, 0.25) is 0 Å². The molecule has 2 aromatic carbocycles. The molecule has 178 valence electrons. The fraction of sp³-hybridized carbons (Fsp3) is 0.240. The third-order valence-electron chi connectivity index (χ3n) is 6.05. The molecule has 7 nitrogen and oxygen atoms in total. The number of aromatic amines is 1. The molecule has 1 N–H and O–H groups in total. The van der Waals surface area contributed by atoms with E-state index in [4.69, 9.17) is 0 Å². The molecule has 0 bridgehead atoms. The molecule has 0 saturated heterocycles. The van der Waals surface area contributed by atoms with Crippen LogP contribution in [0.1, 0.15) is 35.5 Å². The summed E-state index contributed by atoms with van der Waals surface area (Å²) in [6.45, 7) is 5.02. The summed E-state index contributed by atoms with van der Waals surface area (Å²) in [5.41, 5.74) is 6.00. The summed E-state index contributed by atoms with van der Waals surface area (Å²) >= 11 is 0. The molecule has 35 heavy (non-hydrogen) atoms. The van der Waals surface area contributed by atoms with Crippen LogP contribution in [0.4, 0.5) is 13.2 Å². The Kier molecular flexibility index (Phi) is 5.58. The predicted molar refractivity (Wildman–Crippen MR) is 126 cm³/mol. The Morgan fingerprint density at radius 2 is 1.69 bits per heavy atom. The zero-order valence-electron chi connectivity index (χ0n) is 19.3. The molecule has 0 fully saturated rings. The molecule has 5 rings (SSSR count). The van der Waals surface area contributed by atoms with Crippen molar-refractivity contribution in [2.45, 2.75) is 39.4 Å². The van der Waals surface area contributed by atoms with E-state index in [9.17, 15) is 13.2 Å². The maximum atomic E-state index is 13.7. The van der Waals surface area contributed by atoms with Crippen LogP contribution >= 0.6 is 0 Å². The number of alkyl halides is 3. The highest BCUT2D eigenvalue weighted by atomic mass is 19.4. The second-order valence-corrected chi connectivity index (χ2v) is 8.55. The molecule has 1 unspecified atom stereocenters. The molecule has 3 aromatic heterocycles. The van der Waals surface area contributed by atoms with Gasteiger partial charge in [-0.3, -0.25) is 0 Å². The van der Waals surface area contributed by atoms with Crippen molar-refractivity contribution in [2.75, 3.05) is 0 Å². The molecule has 0 aliphatic heterocycles. The second kappa shape index (κ2) is 8.61. The number of hydrogen-bond acceptors (Lipinski definition) is 5. The van der Waals surface area contributed by atoms with E-state index in [-0.39, 0.29) is 12.4 Å². The van der Waals surface area contributed by atoms with Crippen molar-refractivity contribution in [3.05, 3.63) is 77.2 Å². The standard InChI is InChI=1S/C25H22F3N7/c1-14-12-15(2)29-24-21(14)30-23(16(3)25(26,27)28)35(24)13-17-8-10-18(11-9-17)19-6-4-5-7-20(19)22-31-33-34-32-22/h4-12,16H,13H2,1-3H3,(H,31,32,33,34). The summed E-state index contributed by atoms with van der Waals surface area (Å²) in [6.07, 6.45) is -4.41. The Balaban J connectivity index is 1.54. The van der Waals surface area contributed by atoms with Crippen LogP contribution in [0, 0.1) is 13.8 Å². The van der Waals surface area contributed by atoms with Gasteiger partial charge in [-0.2, -0.15) is 18.4 Å². The number of fused-ring (bicyclic) bond motifs is 1. The highest BCUT2D eigenvalue weighted by Crippen LogP contribution is 2.36. The number of pyridine rings is 1. The van der Waals surface area contributed by atoms with Crippen LogP contribution in [-0.2, 0) is 6.54 Å². The normalized spacial score (nSPS) is 12.9. The van der Waals surface area contributed by atoms with E-state index in [0.29, 0.717) is 17.0 Å². The van der Waals surface area contributed by atoms with Gasteiger partial charge in [-0.05, 0) is 54.3 Å². The van der Waals surface area contributed by atoms with Gasteiger partial charge < -0.3 is 4.57 Å². The summed E-state index contributed by atoms with van der Waals surface area (Å²) in [4.78, 5) is 8.91. The number of tetrazole rings is 1. The predicted octanol–water partition coefficient (Wildman–Crippen LogP) is 5.61. The van der Waals surface area contributed by atoms with Crippen molar-refractivity contribution in [3.63, 3.8) is 0 Å². The van der Waals surface area contributed by atoms with Crippen molar-refractivity contribution >= 4 is 11.2 Å². The first-order valence-corrected chi connectivity index (χ1v) is 11.1. The number of rotatable bonds is 5. The molecule has 5 aromatic rings. The van der Waals surface area contributed by atoms with E-state index in [1.165, 1.54) is 0 Å². The quantitative estimate of drug-likeness (QED) is 0.356. The van der Waals surface area contributed by atoms with Gasteiger partial charge in [0.25, 0.3) is 0 Å². The zero-order valence-corrected chi connectivity index (χ0v) is 19.3. The van der Waals surface area contributed by atoms with E-state index in [2.05, 4.69) is 30.6 Å². The third-order valence-corrected chi connectivity index (χ3v) is 6.05. The third kappa shape index (κ3) is 4.27. The number of imidazole rings is 1. The average molecular weight is 477 g/mol. The highest BCUT2D eigenvalue weighted by molar-refractivity contribution is 5.80. The van der Waals surface area contributed by atoms with Gasteiger partial charge in [0.05, 0.1) is 6.54 Å². The monoisotopic (exact) mass is 477 g/mol. The largest absolute Gasteiger partial charge is 0.398 e. The number of nitrogens with zero attached hydrogens (tertiary/aromatic N) is 6. The Hall–Kier alpha value is -4.08. The summed E-state index contributed by atoms with van der Waals surface area (Å²) in [7, 11) is 0. The van der Waals surface area contributed by atoms with Crippen LogP contribution in [-0.4, -0.2) is 41.3 Å². The second-order valence-electron chi connectivity index (χ2n) is 8.55. The van der Waals surface area contributed by atoms with Crippen molar-refractivity contribution in [1.29, 1.82) is 0 Å². The number of halogens is 3. The molecule has 10 heteroatoms. The van der Waals surface area contributed by atoms with Crippen molar-refractivity contribution in [2.24, 2.45) is 0 Å². The van der Waals surface area contributed by atoms with E-state index in [1.807, 2.05) is 68.4 Å². The lowest BCUT2D eigenvalue weighted by molar-refractivity contribution is -0.148. The molecule has 0 spiro atoms. The Morgan fingerprint density at radius 3 is 2.34 bits per heavy atom. The van der Waals surface area contributed by atoms with Gasteiger partial charge in [0.15, 0.2) is 5.65 Å². The van der Waals surface area contributed by atoms with Crippen LogP contribution in [0.25, 0.3) is 33.7 Å². The van der Waals surface area contributed by atoms with Crippen LogP contribution in [0.15, 0.2) is 54.6 Å². The number of benzene rings is 2. The molecule has 0 aliphatic carbocycles. The number of nitrogens with one attached hydrogen (secondary N) is 1. The van der Waals surface area contributed by atoms with Gasteiger partial charge in [-0.15, -0.1) is 10.2 Å². The fourth-order valence-electron chi connectivity index (χ4n) is 4.23. The maximum absolute atomic E-state index is 13.7. The first kappa shape index (κ1) is 22.7. The summed E-state index contributed by atoms with van der Waals surface area (Å²) < 4.78 is 42.6. The van der Waals surface area contributed by atoms with Gasteiger partial charge in [-0.25, -0.2) is 9.97 Å². The van der Waals surface area contributed by atoms with Gasteiger partial charge in [-0.1, -0.05) is 48.5 Å². The minimum atomic E-state index is -4.41. The molecule has 1 atom stereocenters. The lowest BCUT2D eigenvalue weighted by Gasteiger charge is -2.17. The summed E-state index contributed by atoms with van der Waals surface area (Å²) in [6, 6.07) is 17.2. The highest BCUT2D eigenvalue weighted by Gasteiger charge is 2.40. The zero-order chi connectivity index (χ0) is 24.7. The van der Waals surface area contributed by atoms with Gasteiger partial charge in [0, 0.05) is 11.3 Å². The number of H-pyrrole nitrogens is 1. The minimum absolute atomic E-state index is 0.0415. The summed E-state index contributed by atoms with van der Waals surface area (Å²) in [5.74, 6) is -1.28. The lowest BCUT2D eigenvalue weighted by atomic mass is 9.98. The number of aryl methyl sites for hydroxylation is 2. The molecule has 0 amide bonds. The SMILES string of the molecule is Cc1cc(C)c2nc(C(C)C(F)(F)F)n(Cc3ccc(-c4ccccc4-c4nn[nH]n4)cc3)c2n1. The number of aromatic nitrogens is 7. The first-order valence-electron chi connectivity index (χ1n) is 11.1. The van der Waals surface area contributed by atoms with E-state index in [1.54, 1.807) is 4.57 Å². The van der Waals surface area contributed by atoms with Gasteiger partial charge >= 0.3 is 6.18 Å². The van der Waals surface area contributed by atoms with Crippen LogP contribution in [0.3, 0.4) is 0 Å². The Morgan fingerprint density at radius 1 is 0.971 bits per heavy atom. The fourth-order valence-corrected chi connectivity index (χ4v) is 4.23. The topological polar surface area (TPSA) is 85.2 Å². The molecule has 3 heterocycles. The summed E-state index contributed by atoms with van der Waals surface area (Å²) in [5, 5.41) is 14.2. The minimum Gasteiger partial charge on any atom is -0.308 e. The van der Waals surface area contributed by atoms with Crippen molar-refractivity contribution in [3.8, 4) is 22.5 Å². The van der Waals surface area contributed by atoms with Gasteiger partial charge in [0.1, 0.15) is 17.3 Å². The van der Waals surface area contributed by atoms with Crippen molar-refractivity contribution in [1.82, 2.24) is 35.2 Å². The smallest absolute Gasteiger partial charge is 0.308 e. The van der Waals surface area contributed by atoms with E-state index < -0.39 is 12.1 Å². The number of hydrogen-bond donors (Lipinski definition) is 1. The molecular formula is C25H22F3N7. The maximum Gasteiger partial charge on any atom is 0.398 e.